The summed E-state index contributed by atoms with van der Waals surface area (Å²) in [6.07, 6.45) is 3.55. The largest absolute Gasteiger partial charge is 0.492 e. The van der Waals surface area contributed by atoms with Crippen LogP contribution >= 0.6 is 11.6 Å². The molecular formula is C38H52ClN5O6. The lowest BCUT2D eigenvalue weighted by Gasteiger charge is -2.39. The number of halogens is 1. The number of fused-ring (bicyclic) bond motifs is 1. The Kier molecular flexibility index (Phi) is 12.0. The quantitative estimate of drug-likeness (QED) is 0.189. The fraction of sp³-hybridized carbons (Fsp3) is 0.553. The number of piperidine rings is 1. The van der Waals surface area contributed by atoms with Crippen molar-refractivity contribution in [2.24, 2.45) is 5.92 Å². The molecule has 2 aliphatic heterocycles. The molecule has 3 heterocycles. The molecule has 1 aromatic heterocycles. The van der Waals surface area contributed by atoms with Crippen molar-refractivity contribution in [2.45, 2.75) is 65.6 Å². The highest BCUT2D eigenvalue weighted by molar-refractivity contribution is 6.34. The van der Waals surface area contributed by atoms with E-state index in [1.165, 1.54) is 0 Å². The highest BCUT2D eigenvalue weighted by atomic mass is 35.5. The minimum Gasteiger partial charge on any atom is -0.492 e. The number of piperazine rings is 1. The van der Waals surface area contributed by atoms with Gasteiger partial charge in [0.25, 0.3) is 0 Å². The lowest BCUT2D eigenvalue weighted by molar-refractivity contribution is -0.122. The predicted molar refractivity (Wildman–Crippen MR) is 196 cm³/mol. The second-order valence-electron chi connectivity index (χ2n) is 15.3. The van der Waals surface area contributed by atoms with Crippen molar-refractivity contribution in [3.63, 3.8) is 0 Å². The number of benzene rings is 2. The lowest BCUT2D eigenvalue weighted by atomic mass is 9.96. The van der Waals surface area contributed by atoms with Crippen LogP contribution in [0.4, 0.5) is 4.79 Å². The monoisotopic (exact) mass is 709 g/mol. The smallest absolute Gasteiger partial charge is 0.410 e. The molecule has 2 amide bonds. The summed E-state index contributed by atoms with van der Waals surface area (Å²) < 4.78 is 17.0. The maximum atomic E-state index is 12.8. The number of ether oxygens (including phenoxy) is 3. The van der Waals surface area contributed by atoms with Crippen molar-refractivity contribution in [3.05, 3.63) is 53.2 Å². The standard InChI is InChI=1S/C38H52ClN5O6/c1-37(2,3)49-35(46)31-23-41-33-22-32(39)29(21-30(31)33)27-7-9-28(10-8-27)48-20-13-40-34(45)25-42-14-11-26(12-15-42)24-43-16-18-44(19-17-43)36(47)50-38(4,5)6/h7-10,21-23,26,41H,11-20,24-25H2,1-6H3,(H,40,45). The van der Waals surface area contributed by atoms with Crippen LogP contribution in [0.15, 0.2) is 42.6 Å². The summed E-state index contributed by atoms with van der Waals surface area (Å²) in [6.45, 7) is 18.3. The second-order valence-corrected chi connectivity index (χ2v) is 15.7. The van der Waals surface area contributed by atoms with Crippen molar-refractivity contribution in [1.82, 2.24) is 25.0 Å². The number of nitrogens with one attached hydrogen (secondary N) is 2. The molecule has 5 rings (SSSR count). The number of esters is 1. The zero-order valence-corrected chi connectivity index (χ0v) is 31.0. The Morgan fingerprint density at radius 2 is 1.54 bits per heavy atom. The van der Waals surface area contributed by atoms with Gasteiger partial charge in [-0.2, -0.15) is 0 Å². The summed E-state index contributed by atoms with van der Waals surface area (Å²) in [4.78, 5) is 47.3. The molecule has 2 aromatic carbocycles. The molecule has 2 N–H and O–H groups in total. The molecule has 272 valence electrons. The van der Waals surface area contributed by atoms with Crippen LogP contribution in [-0.2, 0) is 14.3 Å². The number of rotatable bonds is 10. The van der Waals surface area contributed by atoms with Crippen LogP contribution in [0.3, 0.4) is 0 Å². The van der Waals surface area contributed by atoms with Gasteiger partial charge in [-0.25, -0.2) is 9.59 Å². The number of amides is 2. The Hall–Kier alpha value is -3.80. The first-order valence-electron chi connectivity index (χ1n) is 17.6. The van der Waals surface area contributed by atoms with Gasteiger partial charge in [0.15, 0.2) is 0 Å². The third kappa shape index (κ3) is 10.6. The van der Waals surface area contributed by atoms with Crippen LogP contribution in [0.25, 0.3) is 22.0 Å². The van der Waals surface area contributed by atoms with E-state index in [-0.39, 0.29) is 12.0 Å². The summed E-state index contributed by atoms with van der Waals surface area (Å²) in [5, 5.41) is 4.28. The van der Waals surface area contributed by atoms with Gasteiger partial charge < -0.3 is 29.4 Å². The molecule has 2 aliphatic rings. The topological polar surface area (TPSA) is 116 Å². The first-order chi connectivity index (χ1) is 23.6. The summed E-state index contributed by atoms with van der Waals surface area (Å²) in [5.74, 6) is 0.896. The van der Waals surface area contributed by atoms with Crippen molar-refractivity contribution < 1.29 is 28.6 Å². The van der Waals surface area contributed by atoms with Gasteiger partial charge in [-0.15, -0.1) is 0 Å². The van der Waals surface area contributed by atoms with Gasteiger partial charge in [0.2, 0.25) is 5.91 Å². The van der Waals surface area contributed by atoms with E-state index >= 15 is 0 Å². The zero-order valence-electron chi connectivity index (χ0n) is 30.3. The fourth-order valence-electron chi connectivity index (χ4n) is 6.35. The number of hydrogen-bond donors (Lipinski definition) is 2. The molecule has 50 heavy (non-hydrogen) atoms. The van der Waals surface area contributed by atoms with Crippen molar-refractivity contribution in [1.29, 1.82) is 0 Å². The maximum absolute atomic E-state index is 12.8. The molecule has 0 saturated carbocycles. The van der Waals surface area contributed by atoms with E-state index in [9.17, 15) is 14.4 Å². The third-order valence-electron chi connectivity index (χ3n) is 8.86. The van der Waals surface area contributed by atoms with Crippen LogP contribution in [0.1, 0.15) is 64.7 Å². The number of likely N-dealkylation sites (tertiary alicyclic amines) is 1. The first kappa shape index (κ1) is 37.5. The average Bonchev–Trinajstić information content (AvgIpc) is 3.45. The van der Waals surface area contributed by atoms with E-state index < -0.39 is 17.2 Å². The molecule has 2 saturated heterocycles. The number of carbonyl (C=O) groups is 3. The second kappa shape index (κ2) is 16.0. The summed E-state index contributed by atoms with van der Waals surface area (Å²) >= 11 is 6.62. The Morgan fingerprint density at radius 1 is 0.880 bits per heavy atom. The van der Waals surface area contributed by atoms with Crippen LogP contribution in [-0.4, -0.2) is 114 Å². The van der Waals surface area contributed by atoms with Gasteiger partial charge in [0.1, 0.15) is 23.6 Å². The Balaban J connectivity index is 0.997. The van der Waals surface area contributed by atoms with Crippen LogP contribution in [0.5, 0.6) is 5.75 Å². The van der Waals surface area contributed by atoms with Crippen LogP contribution in [0.2, 0.25) is 5.02 Å². The Labute approximate surface area is 300 Å². The average molecular weight is 710 g/mol. The highest BCUT2D eigenvalue weighted by Crippen LogP contribution is 2.34. The van der Waals surface area contributed by atoms with Gasteiger partial charge >= 0.3 is 12.1 Å². The van der Waals surface area contributed by atoms with E-state index in [4.69, 9.17) is 25.8 Å². The van der Waals surface area contributed by atoms with Crippen LogP contribution < -0.4 is 10.1 Å². The molecule has 11 nitrogen and oxygen atoms in total. The molecule has 0 bridgehead atoms. The summed E-state index contributed by atoms with van der Waals surface area (Å²) in [6, 6.07) is 11.3. The van der Waals surface area contributed by atoms with Gasteiger partial charge in [0, 0.05) is 55.4 Å². The summed E-state index contributed by atoms with van der Waals surface area (Å²) in [5.41, 5.74) is 1.83. The van der Waals surface area contributed by atoms with E-state index in [0.29, 0.717) is 55.0 Å². The third-order valence-corrected chi connectivity index (χ3v) is 9.17. The number of nitrogens with zero attached hydrogens (tertiary/aromatic N) is 3. The molecule has 12 heteroatoms. The number of hydrogen-bond acceptors (Lipinski definition) is 8. The van der Waals surface area contributed by atoms with Crippen molar-refractivity contribution >= 4 is 40.5 Å². The number of aromatic amines is 1. The van der Waals surface area contributed by atoms with E-state index in [1.807, 2.05) is 77.9 Å². The minimum atomic E-state index is -0.599. The van der Waals surface area contributed by atoms with Gasteiger partial charge in [0.05, 0.1) is 23.7 Å². The number of carbonyl (C=O) groups excluding carboxylic acids is 3. The van der Waals surface area contributed by atoms with Crippen molar-refractivity contribution in [3.8, 4) is 16.9 Å². The molecule has 2 fully saturated rings. The van der Waals surface area contributed by atoms with E-state index in [2.05, 4.69) is 20.1 Å². The molecule has 3 aromatic rings. The molecule has 0 radical (unpaired) electrons. The van der Waals surface area contributed by atoms with Crippen LogP contribution in [0, 0.1) is 5.92 Å². The van der Waals surface area contributed by atoms with Crippen molar-refractivity contribution in [2.75, 3.05) is 65.5 Å². The zero-order chi connectivity index (χ0) is 36.1. The van der Waals surface area contributed by atoms with E-state index in [1.54, 1.807) is 11.1 Å². The summed E-state index contributed by atoms with van der Waals surface area (Å²) in [7, 11) is 0. The maximum Gasteiger partial charge on any atom is 0.410 e. The fourth-order valence-corrected chi connectivity index (χ4v) is 6.62. The van der Waals surface area contributed by atoms with Gasteiger partial charge in [-0.1, -0.05) is 23.7 Å². The molecule has 0 spiro atoms. The number of H-pyrrole nitrogens is 1. The highest BCUT2D eigenvalue weighted by Gasteiger charge is 2.28. The van der Waals surface area contributed by atoms with Gasteiger partial charge in [-0.05, 0) is 103 Å². The lowest BCUT2D eigenvalue weighted by Crippen LogP contribution is -2.51. The predicted octanol–water partition coefficient (Wildman–Crippen LogP) is 6.20. The van der Waals surface area contributed by atoms with E-state index in [0.717, 1.165) is 67.6 Å². The molecule has 0 unspecified atom stereocenters. The molecular weight excluding hydrogens is 658 g/mol. The Bertz CT molecular complexity index is 1630. The molecule has 0 aliphatic carbocycles. The minimum absolute atomic E-state index is 0.00112. The SMILES string of the molecule is CC(C)(C)OC(=O)c1c[nH]c2cc(Cl)c(-c3ccc(OCCNC(=O)CN4CCC(CN5CCN(C(=O)OC(C)(C)C)CC5)CC4)cc3)cc12. The van der Waals surface area contributed by atoms with Gasteiger partial charge in [-0.3, -0.25) is 14.6 Å². The first-order valence-corrected chi connectivity index (χ1v) is 18.0. The number of aromatic nitrogens is 1. The normalized spacial score (nSPS) is 16.7. The Morgan fingerprint density at radius 3 is 2.18 bits per heavy atom. The molecule has 0 atom stereocenters.